The first-order valence-electron chi connectivity index (χ1n) is 7.48. The van der Waals surface area contributed by atoms with Gasteiger partial charge in [0.2, 0.25) is 5.91 Å². The lowest BCUT2D eigenvalue weighted by atomic mass is 10.0. The van der Waals surface area contributed by atoms with Crippen molar-refractivity contribution in [1.29, 1.82) is 0 Å². The van der Waals surface area contributed by atoms with Crippen molar-refractivity contribution in [3.63, 3.8) is 0 Å². The fourth-order valence-electron chi connectivity index (χ4n) is 2.37. The Morgan fingerprint density at radius 2 is 1.95 bits per heavy atom. The van der Waals surface area contributed by atoms with E-state index in [1.54, 1.807) is 7.11 Å². The number of hydrogen-bond acceptors (Lipinski definition) is 2. The van der Waals surface area contributed by atoms with Crippen LogP contribution in [0.3, 0.4) is 0 Å². The SMILES string of the molecule is COC(C)c1cccc(NC(=O)Cc2cc(C)ccc2C)c1. The number of aryl methyl sites for hydroxylation is 2. The third kappa shape index (κ3) is 4.18. The minimum Gasteiger partial charge on any atom is -0.377 e. The number of rotatable bonds is 5. The highest BCUT2D eigenvalue weighted by Crippen LogP contribution is 2.20. The molecule has 0 bridgehead atoms. The van der Waals surface area contributed by atoms with Crippen molar-refractivity contribution in [2.24, 2.45) is 0 Å². The Balaban J connectivity index is 2.07. The van der Waals surface area contributed by atoms with Crippen molar-refractivity contribution < 1.29 is 9.53 Å². The van der Waals surface area contributed by atoms with Crippen LogP contribution >= 0.6 is 0 Å². The first kappa shape index (κ1) is 16.2. The summed E-state index contributed by atoms with van der Waals surface area (Å²) in [5.74, 6) is -0.00378. The predicted molar refractivity (Wildman–Crippen MR) is 90.1 cm³/mol. The van der Waals surface area contributed by atoms with E-state index >= 15 is 0 Å². The molecule has 0 spiro atoms. The number of carbonyl (C=O) groups excluding carboxylic acids is 1. The van der Waals surface area contributed by atoms with Crippen LogP contribution in [0.15, 0.2) is 42.5 Å². The Hall–Kier alpha value is -2.13. The first-order chi connectivity index (χ1) is 10.5. The average Bonchev–Trinajstić information content (AvgIpc) is 2.50. The molecule has 1 atom stereocenters. The van der Waals surface area contributed by atoms with Gasteiger partial charge in [-0.3, -0.25) is 4.79 Å². The van der Waals surface area contributed by atoms with E-state index in [1.807, 2.05) is 45.0 Å². The van der Waals surface area contributed by atoms with Gasteiger partial charge < -0.3 is 10.1 Å². The highest BCUT2D eigenvalue weighted by Gasteiger charge is 2.09. The first-order valence-corrected chi connectivity index (χ1v) is 7.48. The molecule has 0 aliphatic rings. The van der Waals surface area contributed by atoms with Gasteiger partial charge in [-0.1, -0.05) is 35.9 Å². The predicted octanol–water partition coefficient (Wildman–Crippen LogP) is 4.19. The Kier molecular flexibility index (Phi) is 5.34. The van der Waals surface area contributed by atoms with Crippen molar-refractivity contribution in [3.8, 4) is 0 Å². The van der Waals surface area contributed by atoms with Gasteiger partial charge in [-0.05, 0) is 49.6 Å². The molecule has 116 valence electrons. The maximum Gasteiger partial charge on any atom is 0.228 e. The molecule has 1 N–H and O–H groups in total. The molecule has 2 aromatic carbocycles. The fraction of sp³-hybridized carbons (Fsp3) is 0.316. The lowest BCUT2D eigenvalue weighted by molar-refractivity contribution is -0.115. The number of hydrogen-bond donors (Lipinski definition) is 1. The van der Waals surface area contributed by atoms with Gasteiger partial charge in [0.15, 0.2) is 0 Å². The zero-order chi connectivity index (χ0) is 16.1. The van der Waals surface area contributed by atoms with Crippen LogP contribution in [0.2, 0.25) is 0 Å². The van der Waals surface area contributed by atoms with Crippen LogP contribution in [-0.2, 0) is 16.0 Å². The molecule has 22 heavy (non-hydrogen) atoms. The summed E-state index contributed by atoms with van der Waals surface area (Å²) in [5, 5.41) is 2.96. The second-order valence-corrected chi connectivity index (χ2v) is 5.66. The van der Waals surface area contributed by atoms with Gasteiger partial charge in [-0.2, -0.15) is 0 Å². The molecule has 0 heterocycles. The van der Waals surface area contributed by atoms with E-state index < -0.39 is 0 Å². The second kappa shape index (κ2) is 7.23. The van der Waals surface area contributed by atoms with Gasteiger partial charge in [0.1, 0.15) is 0 Å². The average molecular weight is 297 g/mol. The molecule has 0 fully saturated rings. The summed E-state index contributed by atoms with van der Waals surface area (Å²) in [7, 11) is 1.68. The fourth-order valence-corrected chi connectivity index (χ4v) is 2.37. The minimum atomic E-state index is -0.00378. The summed E-state index contributed by atoms with van der Waals surface area (Å²) in [6.07, 6.45) is 0.397. The van der Waals surface area contributed by atoms with Crippen LogP contribution in [-0.4, -0.2) is 13.0 Å². The van der Waals surface area contributed by atoms with E-state index in [-0.39, 0.29) is 12.0 Å². The van der Waals surface area contributed by atoms with Gasteiger partial charge in [-0.25, -0.2) is 0 Å². The molecule has 0 aliphatic heterocycles. The Morgan fingerprint density at radius 3 is 2.68 bits per heavy atom. The lowest BCUT2D eigenvalue weighted by Gasteiger charge is -2.12. The Bertz CT molecular complexity index is 664. The van der Waals surface area contributed by atoms with Crippen molar-refractivity contribution >= 4 is 11.6 Å². The summed E-state index contributed by atoms with van der Waals surface area (Å²) < 4.78 is 5.31. The standard InChI is InChI=1S/C19H23NO2/c1-13-8-9-14(2)17(10-13)12-19(21)20-18-7-5-6-16(11-18)15(3)22-4/h5-11,15H,12H2,1-4H3,(H,20,21). The molecule has 1 unspecified atom stereocenters. The summed E-state index contributed by atoms with van der Waals surface area (Å²) >= 11 is 0. The monoisotopic (exact) mass is 297 g/mol. The molecule has 2 aromatic rings. The maximum atomic E-state index is 12.3. The van der Waals surface area contributed by atoms with E-state index in [2.05, 4.69) is 23.5 Å². The van der Waals surface area contributed by atoms with Crippen LogP contribution < -0.4 is 5.32 Å². The molecular weight excluding hydrogens is 274 g/mol. The molecule has 1 amide bonds. The molecule has 2 rings (SSSR count). The molecule has 0 aliphatic carbocycles. The number of amides is 1. The molecular formula is C19H23NO2. The maximum absolute atomic E-state index is 12.3. The van der Waals surface area contributed by atoms with Crippen LogP contribution in [0.25, 0.3) is 0 Å². The van der Waals surface area contributed by atoms with Crippen LogP contribution in [0.5, 0.6) is 0 Å². The Morgan fingerprint density at radius 1 is 1.18 bits per heavy atom. The summed E-state index contributed by atoms with van der Waals surface area (Å²) in [6.45, 7) is 6.05. The normalized spacial score (nSPS) is 12.0. The number of nitrogens with one attached hydrogen (secondary N) is 1. The van der Waals surface area contributed by atoms with Crippen LogP contribution in [0.1, 0.15) is 35.3 Å². The third-order valence-electron chi connectivity index (χ3n) is 3.85. The highest BCUT2D eigenvalue weighted by molar-refractivity contribution is 5.92. The summed E-state index contributed by atoms with van der Waals surface area (Å²) in [5.41, 5.74) is 5.23. The Labute approximate surface area is 132 Å². The summed E-state index contributed by atoms with van der Waals surface area (Å²) in [4.78, 5) is 12.3. The number of benzene rings is 2. The van der Waals surface area contributed by atoms with E-state index in [0.717, 1.165) is 22.4 Å². The zero-order valence-electron chi connectivity index (χ0n) is 13.6. The second-order valence-electron chi connectivity index (χ2n) is 5.66. The topological polar surface area (TPSA) is 38.3 Å². The van der Waals surface area contributed by atoms with E-state index in [9.17, 15) is 4.79 Å². The lowest BCUT2D eigenvalue weighted by Crippen LogP contribution is -2.15. The van der Waals surface area contributed by atoms with Gasteiger partial charge in [0, 0.05) is 12.8 Å². The molecule has 0 saturated heterocycles. The number of anilines is 1. The van der Waals surface area contributed by atoms with Crippen molar-refractivity contribution in [2.75, 3.05) is 12.4 Å². The minimum absolute atomic E-state index is 0.00378. The molecule has 0 aromatic heterocycles. The van der Waals surface area contributed by atoms with E-state index in [0.29, 0.717) is 6.42 Å². The van der Waals surface area contributed by atoms with E-state index in [1.165, 1.54) is 5.56 Å². The zero-order valence-corrected chi connectivity index (χ0v) is 13.6. The largest absolute Gasteiger partial charge is 0.377 e. The highest BCUT2D eigenvalue weighted by atomic mass is 16.5. The molecule has 0 saturated carbocycles. The van der Waals surface area contributed by atoms with Crippen molar-refractivity contribution in [2.45, 2.75) is 33.3 Å². The third-order valence-corrected chi connectivity index (χ3v) is 3.85. The number of ether oxygens (including phenoxy) is 1. The number of methoxy groups -OCH3 is 1. The van der Waals surface area contributed by atoms with Crippen molar-refractivity contribution in [3.05, 3.63) is 64.7 Å². The van der Waals surface area contributed by atoms with Gasteiger partial charge >= 0.3 is 0 Å². The van der Waals surface area contributed by atoms with Crippen LogP contribution in [0.4, 0.5) is 5.69 Å². The molecule has 3 nitrogen and oxygen atoms in total. The van der Waals surface area contributed by atoms with Gasteiger partial charge in [0.05, 0.1) is 12.5 Å². The smallest absolute Gasteiger partial charge is 0.228 e. The van der Waals surface area contributed by atoms with Gasteiger partial charge in [0.25, 0.3) is 0 Å². The number of carbonyl (C=O) groups is 1. The van der Waals surface area contributed by atoms with Gasteiger partial charge in [-0.15, -0.1) is 0 Å². The van der Waals surface area contributed by atoms with Crippen molar-refractivity contribution in [1.82, 2.24) is 0 Å². The quantitative estimate of drug-likeness (QED) is 0.898. The van der Waals surface area contributed by atoms with Crippen LogP contribution in [0, 0.1) is 13.8 Å². The molecule has 3 heteroatoms. The molecule has 0 radical (unpaired) electrons. The van der Waals surface area contributed by atoms with E-state index in [4.69, 9.17) is 4.74 Å². The summed E-state index contributed by atoms with van der Waals surface area (Å²) in [6, 6.07) is 14.0.